The summed E-state index contributed by atoms with van der Waals surface area (Å²) in [5.74, 6) is 3.18. The quantitative estimate of drug-likeness (QED) is 0.304. The molecule has 9 nitrogen and oxygen atoms in total. The van der Waals surface area contributed by atoms with E-state index in [0.717, 1.165) is 34.9 Å². The number of hydrogen-bond donors (Lipinski definition) is 1. The smallest absolute Gasteiger partial charge is 0.277 e. The van der Waals surface area contributed by atoms with E-state index >= 15 is 0 Å². The third-order valence-corrected chi connectivity index (χ3v) is 7.83. The van der Waals surface area contributed by atoms with Gasteiger partial charge in [-0.1, -0.05) is 0 Å². The largest absolute Gasteiger partial charge is 0.490 e. The van der Waals surface area contributed by atoms with Crippen LogP contribution in [0, 0.1) is 5.82 Å². The van der Waals surface area contributed by atoms with Crippen molar-refractivity contribution in [1.29, 1.82) is 0 Å². The van der Waals surface area contributed by atoms with Gasteiger partial charge in [0.15, 0.2) is 16.5 Å². The number of halogens is 1. The first-order valence-electron chi connectivity index (χ1n) is 12.1. The lowest BCUT2D eigenvalue weighted by atomic mass is 10.1. The van der Waals surface area contributed by atoms with Gasteiger partial charge in [-0.15, -0.1) is 23.1 Å². The molecule has 0 bridgehead atoms. The molecule has 12 heteroatoms. The summed E-state index contributed by atoms with van der Waals surface area (Å²) in [6.45, 7) is 5.66. The number of rotatable bonds is 9. The molecule has 38 heavy (non-hydrogen) atoms. The minimum absolute atomic E-state index is 0.127. The number of anilines is 3. The van der Waals surface area contributed by atoms with Gasteiger partial charge >= 0.3 is 0 Å². The predicted octanol–water partition coefficient (Wildman–Crippen LogP) is 5.07. The van der Waals surface area contributed by atoms with Gasteiger partial charge in [-0.3, -0.25) is 4.79 Å². The molecule has 0 aliphatic carbocycles. The van der Waals surface area contributed by atoms with Crippen LogP contribution in [0.3, 0.4) is 0 Å². The molecule has 0 radical (unpaired) electrons. The molecule has 0 atom stereocenters. The number of carbonyl (C=O) groups is 1. The van der Waals surface area contributed by atoms with E-state index in [-0.39, 0.29) is 10.6 Å². The van der Waals surface area contributed by atoms with Crippen LogP contribution in [0.2, 0.25) is 0 Å². The fraction of sp³-hybridized carbons (Fsp3) is 0.308. The molecule has 1 saturated heterocycles. The fourth-order valence-electron chi connectivity index (χ4n) is 4.17. The highest BCUT2D eigenvalue weighted by Crippen LogP contribution is 2.39. The summed E-state index contributed by atoms with van der Waals surface area (Å²) in [4.78, 5) is 29.6. The van der Waals surface area contributed by atoms with Crippen LogP contribution in [0.25, 0.3) is 22.2 Å². The lowest BCUT2D eigenvalue weighted by molar-refractivity contribution is 0.1000. The second kappa shape index (κ2) is 11.0. The molecule has 2 aromatic heterocycles. The first kappa shape index (κ1) is 26.0. The summed E-state index contributed by atoms with van der Waals surface area (Å²) in [7, 11) is 1.87. The van der Waals surface area contributed by atoms with Crippen molar-refractivity contribution < 1.29 is 18.7 Å². The Morgan fingerprint density at radius 1 is 1.13 bits per heavy atom. The second-order valence-electron chi connectivity index (χ2n) is 8.46. The number of thiazole rings is 1. The predicted molar refractivity (Wildman–Crippen MR) is 151 cm³/mol. The highest BCUT2D eigenvalue weighted by molar-refractivity contribution is 7.99. The van der Waals surface area contributed by atoms with Crippen LogP contribution in [0.1, 0.15) is 23.6 Å². The molecule has 3 heterocycles. The Kier molecular flexibility index (Phi) is 7.52. The molecule has 198 valence electrons. The molecule has 1 fully saturated rings. The minimum Gasteiger partial charge on any atom is -0.490 e. The minimum atomic E-state index is -0.647. The van der Waals surface area contributed by atoms with Gasteiger partial charge in [0.05, 0.1) is 30.3 Å². The summed E-state index contributed by atoms with van der Waals surface area (Å²) >= 11 is 2.91. The Morgan fingerprint density at radius 3 is 2.55 bits per heavy atom. The molecule has 2 aromatic carbocycles. The molecular formula is C26H27FN6O3S2. The van der Waals surface area contributed by atoms with E-state index < -0.39 is 11.7 Å². The van der Waals surface area contributed by atoms with Gasteiger partial charge in [0, 0.05) is 47.4 Å². The number of nitrogens with zero attached hydrogens (tertiary/aromatic N) is 5. The normalized spacial score (nSPS) is 13.2. The number of benzene rings is 2. The standard InChI is InChI=1S/C26H27FN6O3S2/c1-4-35-21-11-17-19(12-22(21)36-5-2)30-26(33-8-9-37-14-33)31-24(17)32(3)15-6-7-18(27)16(10-15)20-13-38-25(29-20)23(28)34/h6-7,10-13H,4-5,8-9,14H2,1-3H3,(H2,28,34). The molecule has 1 amide bonds. The first-order valence-corrected chi connectivity index (χ1v) is 14.2. The van der Waals surface area contributed by atoms with E-state index in [9.17, 15) is 9.18 Å². The second-order valence-corrected chi connectivity index (χ2v) is 10.4. The molecular weight excluding hydrogens is 527 g/mol. The summed E-state index contributed by atoms with van der Waals surface area (Å²) in [5.41, 5.74) is 7.36. The maximum Gasteiger partial charge on any atom is 0.277 e. The van der Waals surface area contributed by atoms with Crippen molar-refractivity contribution in [3.8, 4) is 22.8 Å². The van der Waals surface area contributed by atoms with E-state index in [4.69, 9.17) is 25.2 Å². The van der Waals surface area contributed by atoms with Gasteiger partial charge < -0.3 is 25.0 Å². The van der Waals surface area contributed by atoms with Crippen molar-refractivity contribution in [2.75, 3.05) is 48.2 Å². The molecule has 5 rings (SSSR count). The van der Waals surface area contributed by atoms with Gasteiger partial charge in [0.1, 0.15) is 11.6 Å². The number of ether oxygens (including phenoxy) is 2. The molecule has 0 saturated carbocycles. The zero-order valence-electron chi connectivity index (χ0n) is 21.2. The van der Waals surface area contributed by atoms with Gasteiger partial charge in [-0.2, -0.15) is 4.98 Å². The number of hydrogen-bond acceptors (Lipinski definition) is 10. The number of amides is 1. The fourth-order valence-corrected chi connectivity index (χ4v) is 5.78. The van der Waals surface area contributed by atoms with E-state index in [2.05, 4.69) is 9.88 Å². The number of aromatic nitrogens is 3. The third-order valence-electron chi connectivity index (χ3n) is 6.01. The van der Waals surface area contributed by atoms with Crippen LogP contribution in [0.4, 0.5) is 21.8 Å². The molecule has 2 N–H and O–H groups in total. The maximum atomic E-state index is 14.9. The van der Waals surface area contributed by atoms with Crippen LogP contribution in [-0.2, 0) is 0 Å². The molecule has 1 aliphatic rings. The Labute approximate surface area is 227 Å². The SMILES string of the molecule is CCOc1cc2nc(N3CCSC3)nc(N(C)c3ccc(F)c(-c4csc(C(N)=O)n4)c3)c2cc1OCC. The van der Waals surface area contributed by atoms with Gasteiger partial charge in [0.2, 0.25) is 5.95 Å². The van der Waals surface area contributed by atoms with Crippen molar-refractivity contribution in [1.82, 2.24) is 15.0 Å². The van der Waals surface area contributed by atoms with E-state index in [1.807, 2.05) is 49.7 Å². The van der Waals surface area contributed by atoms with Crippen molar-refractivity contribution in [2.45, 2.75) is 13.8 Å². The number of nitrogens with two attached hydrogens (primary N) is 1. The molecule has 1 aliphatic heterocycles. The summed E-state index contributed by atoms with van der Waals surface area (Å²) < 4.78 is 26.6. The number of fused-ring (bicyclic) bond motifs is 1. The van der Waals surface area contributed by atoms with E-state index in [0.29, 0.717) is 53.4 Å². The molecule has 4 aromatic rings. The van der Waals surface area contributed by atoms with Crippen molar-refractivity contribution in [3.63, 3.8) is 0 Å². The number of primary amides is 1. The highest BCUT2D eigenvalue weighted by Gasteiger charge is 2.23. The summed E-state index contributed by atoms with van der Waals surface area (Å²) in [5, 5.41) is 2.52. The lowest BCUT2D eigenvalue weighted by Gasteiger charge is -2.24. The van der Waals surface area contributed by atoms with Gasteiger partial charge in [0.25, 0.3) is 5.91 Å². The maximum absolute atomic E-state index is 14.9. The average molecular weight is 555 g/mol. The van der Waals surface area contributed by atoms with Crippen LogP contribution in [0.15, 0.2) is 35.7 Å². The van der Waals surface area contributed by atoms with E-state index in [1.165, 1.54) is 6.07 Å². The Morgan fingerprint density at radius 2 is 1.89 bits per heavy atom. The van der Waals surface area contributed by atoms with Crippen LogP contribution >= 0.6 is 23.1 Å². The monoisotopic (exact) mass is 554 g/mol. The van der Waals surface area contributed by atoms with Gasteiger partial charge in [-0.05, 0) is 38.1 Å². The molecule has 0 unspecified atom stereocenters. The van der Waals surface area contributed by atoms with Crippen LogP contribution in [0.5, 0.6) is 11.5 Å². The van der Waals surface area contributed by atoms with Gasteiger partial charge in [-0.25, -0.2) is 14.4 Å². The average Bonchev–Trinajstić information content (AvgIpc) is 3.62. The van der Waals surface area contributed by atoms with Crippen LogP contribution < -0.4 is 25.0 Å². The lowest BCUT2D eigenvalue weighted by Crippen LogP contribution is -2.22. The van der Waals surface area contributed by atoms with E-state index in [1.54, 1.807) is 17.5 Å². The third kappa shape index (κ3) is 5.05. The van der Waals surface area contributed by atoms with Crippen molar-refractivity contribution in [2.24, 2.45) is 5.73 Å². The zero-order chi connectivity index (χ0) is 26.8. The molecule has 0 spiro atoms. The Bertz CT molecular complexity index is 1490. The summed E-state index contributed by atoms with van der Waals surface area (Å²) in [6, 6.07) is 8.52. The van der Waals surface area contributed by atoms with Crippen LogP contribution in [-0.4, -0.2) is 59.3 Å². The highest BCUT2D eigenvalue weighted by atomic mass is 32.2. The van der Waals surface area contributed by atoms with Crippen molar-refractivity contribution in [3.05, 3.63) is 46.5 Å². The Balaban J connectivity index is 1.65. The summed E-state index contributed by atoms with van der Waals surface area (Å²) in [6.07, 6.45) is 0. The number of carbonyl (C=O) groups excluding carboxylic acids is 1. The Hall–Kier alpha value is -3.64. The zero-order valence-corrected chi connectivity index (χ0v) is 22.9. The van der Waals surface area contributed by atoms with Crippen molar-refractivity contribution >= 4 is 57.4 Å². The number of thioether (sulfide) groups is 1. The first-order chi connectivity index (χ1) is 18.4. The topological polar surface area (TPSA) is 107 Å².